The van der Waals surface area contributed by atoms with Gasteiger partial charge in [0.25, 0.3) is 0 Å². The van der Waals surface area contributed by atoms with Crippen molar-refractivity contribution >= 4 is 5.91 Å². The number of rotatable bonds is 3. The molecular weight excluding hydrogens is 164 g/mol. The molecule has 0 aromatic heterocycles. The van der Waals surface area contributed by atoms with Crippen LogP contribution in [-0.2, 0) is 4.79 Å². The van der Waals surface area contributed by atoms with Crippen LogP contribution in [0.4, 0.5) is 0 Å². The van der Waals surface area contributed by atoms with Crippen LogP contribution in [0.2, 0.25) is 0 Å². The lowest BCUT2D eigenvalue weighted by molar-refractivity contribution is -0.117. The lowest BCUT2D eigenvalue weighted by Crippen LogP contribution is -2.38. The van der Waals surface area contributed by atoms with Crippen LogP contribution >= 0.6 is 0 Å². The van der Waals surface area contributed by atoms with Crippen molar-refractivity contribution in [3.63, 3.8) is 0 Å². The summed E-state index contributed by atoms with van der Waals surface area (Å²) in [5.74, 6) is 0.381. The summed E-state index contributed by atoms with van der Waals surface area (Å²) in [5, 5.41) is 3.21. The van der Waals surface area contributed by atoms with Crippen molar-refractivity contribution < 1.29 is 4.79 Å². The topological polar surface area (TPSA) is 55.1 Å². The first-order valence-electron chi connectivity index (χ1n) is 4.92. The van der Waals surface area contributed by atoms with E-state index in [1.165, 1.54) is 6.42 Å². The monoisotopic (exact) mass is 184 g/mol. The van der Waals surface area contributed by atoms with E-state index in [4.69, 9.17) is 5.73 Å². The Morgan fingerprint density at radius 2 is 2.15 bits per heavy atom. The number of carbonyl (C=O) groups is 1. The molecule has 3 nitrogen and oxygen atoms in total. The zero-order chi connectivity index (χ0) is 10.1. The molecule has 0 aliphatic heterocycles. The van der Waals surface area contributed by atoms with Crippen LogP contribution < -0.4 is 11.1 Å². The Morgan fingerprint density at radius 1 is 1.54 bits per heavy atom. The first kappa shape index (κ1) is 10.5. The van der Waals surface area contributed by atoms with E-state index in [0.717, 1.165) is 6.42 Å². The van der Waals surface area contributed by atoms with Gasteiger partial charge in [0, 0.05) is 6.04 Å². The van der Waals surface area contributed by atoms with E-state index < -0.39 is 0 Å². The second-order valence-corrected chi connectivity index (χ2v) is 5.00. The van der Waals surface area contributed by atoms with E-state index in [1.54, 1.807) is 0 Å². The Labute approximate surface area is 80.1 Å². The van der Waals surface area contributed by atoms with Crippen molar-refractivity contribution in [1.82, 2.24) is 5.32 Å². The second kappa shape index (κ2) is 3.66. The standard InChI is InChI=1S/C10H20N2O/c1-7-4-10(2,3)5-8(7)12-6-9(11)13/h7-8,12H,4-6H2,1-3H3,(H2,11,13). The molecule has 13 heavy (non-hydrogen) atoms. The largest absolute Gasteiger partial charge is 0.369 e. The molecule has 3 heteroatoms. The fraction of sp³-hybridized carbons (Fsp3) is 0.900. The van der Waals surface area contributed by atoms with E-state index >= 15 is 0 Å². The molecule has 0 aromatic rings. The summed E-state index contributed by atoms with van der Waals surface area (Å²) in [6.45, 7) is 7.09. The van der Waals surface area contributed by atoms with Gasteiger partial charge >= 0.3 is 0 Å². The molecule has 1 aliphatic carbocycles. The molecule has 0 heterocycles. The van der Waals surface area contributed by atoms with E-state index in [0.29, 0.717) is 23.9 Å². The molecule has 0 bridgehead atoms. The average Bonchev–Trinajstić information content (AvgIpc) is 2.20. The maximum absolute atomic E-state index is 10.6. The molecule has 0 saturated heterocycles. The number of nitrogens with two attached hydrogens (primary N) is 1. The van der Waals surface area contributed by atoms with Gasteiger partial charge in [-0.15, -0.1) is 0 Å². The molecule has 1 rings (SSSR count). The molecule has 1 fully saturated rings. The van der Waals surface area contributed by atoms with Crippen molar-refractivity contribution in [3.05, 3.63) is 0 Å². The van der Waals surface area contributed by atoms with Gasteiger partial charge < -0.3 is 11.1 Å². The molecule has 0 spiro atoms. The summed E-state index contributed by atoms with van der Waals surface area (Å²) in [5.41, 5.74) is 5.49. The van der Waals surface area contributed by atoms with Gasteiger partial charge in [0.2, 0.25) is 5.91 Å². The highest BCUT2D eigenvalue weighted by atomic mass is 16.1. The molecule has 2 atom stereocenters. The number of hydrogen-bond donors (Lipinski definition) is 2. The van der Waals surface area contributed by atoms with E-state index in [9.17, 15) is 4.79 Å². The highest BCUT2D eigenvalue weighted by Crippen LogP contribution is 2.40. The number of amides is 1. The maximum Gasteiger partial charge on any atom is 0.231 e. The normalized spacial score (nSPS) is 31.9. The molecule has 1 amide bonds. The number of nitrogens with one attached hydrogen (secondary N) is 1. The summed E-state index contributed by atoms with van der Waals surface area (Å²) in [6, 6.07) is 0.461. The predicted molar refractivity (Wildman–Crippen MR) is 53.2 cm³/mol. The van der Waals surface area contributed by atoms with Gasteiger partial charge in [-0.3, -0.25) is 4.79 Å². The molecule has 0 aromatic carbocycles. The first-order valence-corrected chi connectivity index (χ1v) is 4.92. The van der Waals surface area contributed by atoms with Crippen LogP contribution in [0.15, 0.2) is 0 Å². The van der Waals surface area contributed by atoms with E-state index in [1.807, 2.05) is 0 Å². The highest BCUT2D eigenvalue weighted by molar-refractivity contribution is 5.75. The third-order valence-electron chi connectivity index (χ3n) is 2.87. The Balaban J connectivity index is 2.39. The Kier molecular flexibility index (Phi) is 2.96. The third kappa shape index (κ3) is 2.99. The van der Waals surface area contributed by atoms with Crippen molar-refractivity contribution in [2.24, 2.45) is 17.1 Å². The van der Waals surface area contributed by atoms with Crippen LogP contribution in [0, 0.1) is 11.3 Å². The fourth-order valence-corrected chi connectivity index (χ4v) is 2.40. The summed E-state index contributed by atoms with van der Waals surface area (Å²) in [4.78, 5) is 10.6. The Bertz CT molecular complexity index is 201. The third-order valence-corrected chi connectivity index (χ3v) is 2.87. The quantitative estimate of drug-likeness (QED) is 0.684. The number of primary amides is 1. The average molecular weight is 184 g/mol. The minimum atomic E-state index is -0.267. The summed E-state index contributed by atoms with van der Waals surface area (Å²) >= 11 is 0. The number of carbonyl (C=O) groups excluding carboxylic acids is 1. The Morgan fingerprint density at radius 3 is 2.54 bits per heavy atom. The van der Waals surface area contributed by atoms with Gasteiger partial charge in [-0.1, -0.05) is 20.8 Å². The Hall–Kier alpha value is -0.570. The lowest BCUT2D eigenvalue weighted by Gasteiger charge is -2.17. The zero-order valence-electron chi connectivity index (χ0n) is 8.76. The van der Waals surface area contributed by atoms with Crippen molar-refractivity contribution in [2.75, 3.05) is 6.54 Å². The SMILES string of the molecule is CC1CC(C)(C)CC1NCC(N)=O. The molecular formula is C10H20N2O. The summed E-state index contributed by atoms with van der Waals surface area (Å²) in [7, 11) is 0. The zero-order valence-corrected chi connectivity index (χ0v) is 8.76. The lowest BCUT2D eigenvalue weighted by atomic mass is 9.91. The first-order chi connectivity index (χ1) is 5.91. The van der Waals surface area contributed by atoms with Crippen LogP contribution in [0.1, 0.15) is 33.6 Å². The molecule has 3 N–H and O–H groups in total. The molecule has 1 aliphatic rings. The second-order valence-electron chi connectivity index (χ2n) is 5.00. The van der Waals surface area contributed by atoms with Gasteiger partial charge in [0.05, 0.1) is 6.54 Å². The molecule has 76 valence electrons. The van der Waals surface area contributed by atoms with Gasteiger partial charge in [-0.25, -0.2) is 0 Å². The maximum atomic E-state index is 10.6. The van der Waals surface area contributed by atoms with Crippen LogP contribution in [0.5, 0.6) is 0 Å². The highest BCUT2D eigenvalue weighted by Gasteiger charge is 2.36. The minimum absolute atomic E-state index is 0.267. The molecule has 1 saturated carbocycles. The van der Waals surface area contributed by atoms with Gasteiger partial charge in [-0.2, -0.15) is 0 Å². The van der Waals surface area contributed by atoms with Crippen LogP contribution in [-0.4, -0.2) is 18.5 Å². The van der Waals surface area contributed by atoms with Crippen LogP contribution in [0.25, 0.3) is 0 Å². The molecule has 0 radical (unpaired) electrons. The summed E-state index contributed by atoms with van der Waals surface area (Å²) < 4.78 is 0. The van der Waals surface area contributed by atoms with E-state index in [2.05, 4.69) is 26.1 Å². The van der Waals surface area contributed by atoms with Crippen molar-refractivity contribution in [3.8, 4) is 0 Å². The number of hydrogen-bond acceptors (Lipinski definition) is 2. The van der Waals surface area contributed by atoms with Crippen LogP contribution in [0.3, 0.4) is 0 Å². The molecule has 2 unspecified atom stereocenters. The fourth-order valence-electron chi connectivity index (χ4n) is 2.40. The van der Waals surface area contributed by atoms with Gasteiger partial charge in [-0.05, 0) is 24.2 Å². The smallest absolute Gasteiger partial charge is 0.231 e. The van der Waals surface area contributed by atoms with E-state index in [-0.39, 0.29) is 5.91 Å². The minimum Gasteiger partial charge on any atom is -0.369 e. The van der Waals surface area contributed by atoms with Gasteiger partial charge in [0.1, 0.15) is 0 Å². The van der Waals surface area contributed by atoms with Crippen molar-refractivity contribution in [1.29, 1.82) is 0 Å². The van der Waals surface area contributed by atoms with Crippen molar-refractivity contribution in [2.45, 2.75) is 39.7 Å². The predicted octanol–water partition coefficient (Wildman–Crippen LogP) is 0.886. The summed E-state index contributed by atoms with van der Waals surface area (Å²) in [6.07, 6.45) is 2.37. The van der Waals surface area contributed by atoms with Gasteiger partial charge in [0.15, 0.2) is 0 Å².